The monoisotopic (exact) mass is 461 g/mol. The molecule has 170 valence electrons. The van der Waals surface area contributed by atoms with Crippen LogP contribution in [0.25, 0.3) is 16.2 Å². The smallest absolute Gasteiger partial charge is 0.225 e. The number of imidazole rings is 1. The summed E-state index contributed by atoms with van der Waals surface area (Å²) in [6.07, 6.45) is 3.84. The van der Waals surface area contributed by atoms with Gasteiger partial charge in [-0.25, -0.2) is 9.50 Å². The Hall–Kier alpha value is -3.39. The van der Waals surface area contributed by atoms with Crippen molar-refractivity contribution in [2.45, 2.75) is 26.3 Å². The lowest BCUT2D eigenvalue weighted by Crippen LogP contribution is -2.43. The molecule has 3 heterocycles. The molecule has 0 saturated carbocycles. The Labute approximate surface area is 197 Å². The number of hydrogen-bond donors (Lipinski definition) is 1. The number of aromatic nitrogens is 3. The third kappa shape index (κ3) is 4.71. The first kappa shape index (κ1) is 21.5. The lowest BCUT2D eigenvalue weighted by atomic mass is 9.97. The Bertz CT molecular complexity index is 1210. The molecule has 1 fully saturated rings. The van der Waals surface area contributed by atoms with Gasteiger partial charge in [0.05, 0.1) is 24.9 Å². The van der Waals surface area contributed by atoms with E-state index in [9.17, 15) is 4.79 Å². The lowest BCUT2D eigenvalue weighted by molar-refractivity contribution is -0.125. The van der Waals surface area contributed by atoms with Gasteiger partial charge in [0.1, 0.15) is 5.75 Å². The van der Waals surface area contributed by atoms with E-state index in [1.165, 1.54) is 5.56 Å². The number of fused-ring (bicyclic) bond motifs is 1. The molecule has 0 spiro atoms. The minimum Gasteiger partial charge on any atom is -0.497 e. The fraction of sp³-hybridized carbons (Fsp3) is 0.320. The lowest BCUT2D eigenvalue weighted by Gasteiger charge is -2.31. The number of methoxy groups -OCH3 is 1. The number of benzene rings is 2. The maximum absolute atomic E-state index is 12.8. The van der Waals surface area contributed by atoms with E-state index in [-0.39, 0.29) is 11.8 Å². The number of rotatable bonds is 6. The summed E-state index contributed by atoms with van der Waals surface area (Å²) < 4.78 is 7.04. The number of ether oxygens (including phenoxy) is 1. The molecular formula is C25H27N5O2S. The quantitative estimate of drug-likeness (QED) is 0.463. The first-order chi connectivity index (χ1) is 16.1. The zero-order valence-electron chi connectivity index (χ0n) is 18.8. The van der Waals surface area contributed by atoms with Crippen LogP contribution in [-0.2, 0) is 11.3 Å². The largest absolute Gasteiger partial charge is 0.497 e. The molecule has 1 N–H and O–H groups in total. The molecule has 5 rings (SSSR count). The Morgan fingerprint density at radius 2 is 1.97 bits per heavy atom. The zero-order valence-corrected chi connectivity index (χ0v) is 19.6. The van der Waals surface area contributed by atoms with Crippen molar-refractivity contribution in [3.63, 3.8) is 0 Å². The Kier molecular flexibility index (Phi) is 6.00. The Morgan fingerprint density at radius 3 is 2.70 bits per heavy atom. The zero-order chi connectivity index (χ0) is 22.8. The number of hydrogen-bond acceptors (Lipinski definition) is 6. The molecule has 0 radical (unpaired) electrons. The molecule has 33 heavy (non-hydrogen) atoms. The summed E-state index contributed by atoms with van der Waals surface area (Å²) in [5.41, 5.74) is 4.30. The molecule has 1 aliphatic heterocycles. The average molecular weight is 462 g/mol. The topological polar surface area (TPSA) is 71.8 Å². The average Bonchev–Trinajstić information content (AvgIpc) is 3.43. The molecule has 8 heteroatoms. The first-order valence-electron chi connectivity index (χ1n) is 11.2. The molecule has 1 amide bonds. The van der Waals surface area contributed by atoms with E-state index in [0.717, 1.165) is 52.0 Å². The maximum atomic E-state index is 12.8. The predicted octanol–water partition coefficient (Wildman–Crippen LogP) is 4.31. The molecule has 1 aliphatic rings. The molecule has 2 aromatic heterocycles. The van der Waals surface area contributed by atoms with E-state index < -0.39 is 0 Å². The van der Waals surface area contributed by atoms with E-state index in [1.807, 2.05) is 35.0 Å². The van der Waals surface area contributed by atoms with E-state index in [4.69, 9.17) is 14.8 Å². The van der Waals surface area contributed by atoms with Gasteiger partial charge in [0.15, 0.2) is 0 Å². The van der Waals surface area contributed by atoms with Crippen LogP contribution in [0.4, 0.5) is 5.13 Å². The summed E-state index contributed by atoms with van der Waals surface area (Å²) in [6, 6.07) is 16.1. The molecule has 7 nitrogen and oxygen atoms in total. The van der Waals surface area contributed by atoms with Gasteiger partial charge in [0.25, 0.3) is 0 Å². The van der Waals surface area contributed by atoms with Gasteiger partial charge in [-0.05, 0) is 37.5 Å². The van der Waals surface area contributed by atoms with Crippen LogP contribution in [0.2, 0.25) is 0 Å². The minimum absolute atomic E-state index is 0.0451. The van der Waals surface area contributed by atoms with Crippen molar-refractivity contribution >= 4 is 27.3 Å². The highest BCUT2D eigenvalue weighted by molar-refractivity contribution is 7.20. The van der Waals surface area contributed by atoms with E-state index in [1.54, 1.807) is 18.4 Å². The predicted molar refractivity (Wildman–Crippen MR) is 131 cm³/mol. The summed E-state index contributed by atoms with van der Waals surface area (Å²) in [5.74, 6) is 0.864. The second kappa shape index (κ2) is 9.23. The maximum Gasteiger partial charge on any atom is 0.225 e. The summed E-state index contributed by atoms with van der Waals surface area (Å²) in [5, 5.41) is 8.76. The summed E-state index contributed by atoms with van der Waals surface area (Å²) >= 11 is 1.57. The van der Waals surface area contributed by atoms with Crippen LogP contribution >= 0.6 is 11.3 Å². The molecular weight excluding hydrogens is 434 g/mol. The number of nitrogens with zero attached hydrogens (tertiary/aromatic N) is 4. The first-order valence-corrected chi connectivity index (χ1v) is 12.0. The number of piperidine rings is 1. The molecule has 4 aromatic rings. The van der Waals surface area contributed by atoms with Crippen LogP contribution in [0.3, 0.4) is 0 Å². The number of amides is 1. The van der Waals surface area contributed by atoms with E-state index in [0.29, 0.717) is 13.1 Å². The van der Waals surface area contributed by atoms with Crippen molar-refractivity contribution in [2.24, 2.45) is 5.92 Å². The van der Waals surface area contributed by atoms with Crippen LogP contribution in [-0.4, -0.2) is 40.7 Å². The molecule has 1 atom stereocenters. The molecule has 0 bridgehead atoms. The van der Waals surface area contributed by atoms with Crippen molar-refractivity contribution in [1.29, 1.82) is 0 Å². The molecule has 1 saturated heterocycles. The number of anilines is 1. The van der Waals surface area contributed by atoms with E-state index >= 15 is 0 Å². The fourth-order valence-corrected chi connectivity index (χ4v) is 5.04. The van der Waals surface area contributed by atoms with Crippen LogP contribution in [0.15, 0.2) is 54.7 Å². The molecule has 0 unspecified atom stereocenters. The number of aryl methyl sites for hydroxylation is 1. The number of carbonyl (C=O) groups is 1. The van der Waals surface area contributed by atoms with Crippen molar-refractivity contribution in [3.8, 4) is 17.0 Å². The third-order valence-corrected chi connectivity index (χ3v) is 7.05. The van der Waals surface area contributed by atoms with Crippen LogP contribution in [0, 0.1) is 12.8 Å². The molecule has 0 aliphatic carbocycles. The summed E-state index contributed by atoms with van der Waals surface area (Å²) in [7, 11) is 1.65. The summed E-state index contributed by atoms with van der Waals surface area (Å²) in [6.45, 7) is 4.18. The van der Waals surface area contributed by atoms with Gasteiger partial charge in [-0.3, -0.25) is 4.79 Å². The van der Waals surface area contributed by atoms with Gasteiger partial charge in [-0.2, -0.15) is 0 Å². The van der Waals surface area contributed by atoms with Gasteiger partial charge in [-0.15, -0.1) is 5.10 Å². The van der Waals surface area contributed by atoms with Gasteiger partial charge < -0.3 is 15.0 Å². The van der Waals surface area contributed by atoms with Gasteiger partial charge in [0.2, 0.25) is 16.0 Å². The van der Waals surface area contributed by atoms with Crippen molar-refractivity contribution < 1.29 is 9.53 Å². The number of carbonyl (C=O) groups excluding carboxylic acids is 1. The highest BCUT2D eigenvalue weighted by Gasteiger charge is 2.27. The SMILES string of the molecule is COc1ccc(CNC(=O)[C@@H]2CCCN(c3nn4cc(-c5ccc(C)cc5)nc4s3)C2)cc1. The van der Waals surface area contributed by atoms with Gasteiger partial charge in [-0.1, -0.05) is 53.3 Å². The Morgan fingerprint density at radius 1 is 1.18 bits per heavy atom. The highest BCUT2D eigenvalue weighted by Crippen LogP contribution is 2.30. The highest BCUT2D eigenvalue weighted by atomic mass is 32.1. The summed E-state index contributed by atoms with van der Waals surface area (Å²) in [4.78, 5) is 20.7. The van der Waals surface area contributed by atoms with Crippen LogP contribution < -0.4 is 15.0 Å². The van der Waals surface area contributed by atoms with Gasteiger partial charge in [0, 0.05) is 25.2 Å². The fourth-order valence-electron chi connectivity index (χ4n) is 4.12. The van der Waals surface area contributed by atoms with Crippen LogP contribution in [0.1, 0.15) is 24.0 Å². The second-order valence-electron chi connectivity index (χ2n) is 8.45. The standard InChI is InChI=1S/C25H27N5O2S/c1-17-5-9-19(10-6-17)22-16-30-24(27-22)33-25(28-30)29-13-3-4-20(15-29)23(31)26-14-18-7-11-21(32-2)12-8-18/h5-12,16,20H,3-4,13-15H2,1-2H3,(H,26,31)/t20-/m1/s1. The minimum atomic E-state index is -0.0451. The number of nitrogens with one attached hydrogen (secondary N) is 1. The third-order valence-electron chi connectivity index (χ3n) is 6.07. The van der Waals surface area contributed by atoms with Crippen LogP contribution in [0.5, 0.6) is 5.75 Å². The van der Waals surface area contributed by atoms with Gasteiger partial charge >= 0.3 is 0 Å². The van der Waals surface area contributed by atoms with Crippen molar-refractivity contribution in [2.75, 3.05) is 25.1 Å². The Balaban J connectivity index is 1.22. The van der Waals surface area contributed by atoms with Crippen molar-refractivity contribution in [1.82, 2.24) is 19.9 Å². The van der Waals surface area contributed by atoms with E-state index in [2.05, 4.69) is 41.4 Å². The molecule has 2 aromatic carbocycles. The van der Waals surface area contributed by atoms with Crippen molar-refractivity contribution in [3.05, 3.63) is 65.9 Å². The second-order valence-corrected chi connectivity index (χ2v) is 9.39. The normalized spacial score (nSPS) is 16.2.